The molecule has 0 atom stereocenters. The molecule has 0 amide bonds. The fourth-order valence-electron chi connectivity index (χ4n) is 0. The summed E-state index contributed by atoms with van der Waals surface area (Å²) in [5.41, 5.74) is 0. The van der Waals surface area contributed by atoms with Crippen LogP contribution in [0.4, 0.5) is 0 Å². The van der Waals surface area contributed by atoms with Gasteiger partial charge >= 0.3 is 0 Å². The molecule has 0 saturated heterocycles. The average Bonchev–Trinajstić information content (AvgIpc) is 1.46. The van der Waals surface area contributed by atoms with Gasteiger partial charge in [-0.2, -0.15) is 0 Å². The molecule has 0 aromatic heterocycles. The van der Waals surface area contributed by atoms with Gasteiger partial charge in [0.25, 0.3) is 0 Å². The number of halogens is 2. The zero-order valence-corrected chi connectivity index (χ0v) is 6.34. The molecule has 0 aromatic rings. The topological polar surface area (TPSA) is 9.23 Å². The van der Waals surface area contributed by atoms with E-state index >= 15 is 0 Å². The van der Waals surface area contributed by atoms with Crippen molar-refractivity contribution in [1.29, 1.82) is 0 Å². The first-order chi connectivity index (χ1) is 2.41. The van der Waals surface area contributed by atoms with Crippen molar-refractivity contribution in [2.75, 3.05) is 0 Å². The van der Waals surface area contributed by atoms with E-state index in [1.54, 1.807) is 0 Å². The van der Waals surface area contributed by atoms with Crippen LogP contribution in [0.3, 0.4) is 0 Å². The van der Waals surface area contributed by atoms with Crippen LogP contribution in [0.5, 0.6) is 0 Å². The molecule has 0 saturated carbocycles. The molecule has 0 spiro atoms. The Morgan fingerprint density at radius 2 is 1.20 bits per heavy atom. The van der Waals surface area contributed by atoms with Crippen LogP contribution in [-0.4, -0.2) is 0 Å². The maximum absolute atomic E-state index is 3.88. The molecular formula is C2H6Br2O. The van der Waals surface area contributed by atoms with Crippen molar-refractivity contribution in [2.45, 2.75) is 13.8 Å². The van der Waals surface area contributed by atoms with Gasteiger partial charge in [0.1, 0.15) is 32.5 Å². The zero-order valence-electron chi connectivity index (χ0n) is 3.16. The van der Waals surface area contributed by atoms with E-state index in [0.717, 1.165) is 0 Å². The van der Waals surface area contributed by atoms with E-state index in [1.165, 1.54) is 0 Å². The fraction of sp³-hybridized carbons (Fsp3) is 1.00. The van der Waals surface area contributed by atoms with Gasteiger partial charge in [-0.1, -0.05) is 13.8 Å². The van der Waals surface area contributed by atoms with Gasteiger partial charge in [0.05, 0.1) is 0 Å². The maximum Gasteiger partial charge on any atom is 0.115 e. The number of hydrogen-bond acceptors (Lipinski definition) is 1. The normalized spacial score (nSPS) is 4.80. The summed E-state index contributed by atoms with van der Waals surface area (Å²) < 4.78 is 3.88. The third kappa shape index (κ3) is 49.6. The SMILES string of the molecule is BrOBr.CC. The molecule has 0 heterocycles. The zero-order chi connectivity index (χ0) is 4.71. The van der Waals surface area contributed by atoms with E-state index in [9.17, 15) is 0 Å². The second-order valence-electron chi connectivity index (χ2n) is 0.0583. The molecular weight excluding hydrogens is 200 g/mol. The van der Waals surface area contributed by atoms with Crippen LogP contribution in [0.15, 0.2) is 0 Å². The first-order valence-electron chi connectivity index (χ1n) is 1.31. The summed E-state index contributed by atoms with van der Waals surface area (Å²) in [4.78, 5) is 0. The molecule has 0 radical (unpaired) electrons. The molecule has 0 aliphatic rings. The Bertz CT molecular complexity index is 7.61. The molecule has 0 aliphatic heterocycles. The quantitative estimate of drug-likeness (QED) is 0.591. The van der Waals surface area contributed by atoms with Crippen LogP contribution in [0.1, 0.15) is 13.8 Å². The molecule has 0 fully saturated rings. The van der Waals surface area contributed by atoms with Gasteiger partial charge in [-0.25, -0.2) is 2.92 Å². The fourth-order valence-corrected chi connectivity index (χ4v) is 0. The van der Waals surface area contributed by atoms with E-state index in [2.05, 4.69) is 35.4 Å². The van der Waals surface area contributed by atoms with E-state index in [4.69, 9.17) is 0 Å². The maximum atomic E-state index is 3.88. The highest BCUT2D eigenvalue weighted by atomic mass is 79.9. The molecule has 0 aromatic carbocycles. The van der Waals surface area contributed by atoms with Gasteiger partial charge in [-0.15, -0.1) is 0 Å². The molecule has 3 heteroatoms. The molecule has 0 aliphatic carbocycles. The Morgan fingerprint density at radius 3 is 1.20 bits per heavy atom. The van der Waals surface area contributed by atoms with Gasteiger partial charge in [0.2, 0.25) is 0 Å². The second kappa shape index (κ2) is 20.5. The molecule has 0 unspecified atom stereocenters. The Kier molecular flexibility index (Phi) is 38.3. The molecule has 0 N–H and O–H groups in total. The highest BCUT2D eigenvalue weighted by Crippen LogP contribution is 1.88. The predicted octanol–water partition coefficient (Wildman–Crippen LogP) is 2.65. The lowest BCUT2D eigenvalue weighted by Gasteiger charge is -1.48. The average molecular weight is 206 g/mol. The smallest absolute Gasteiger partial charge is 0.115 e. The van der Waals surface area contributed by atoms with Crippen molar-refractivity contribution >= 4 is 32.5 Å². The summed E-state index contributed by atoms with van der Waals surface area (Å²) in [5, 5.41) is 0. The molecule has 5 heavy (non-hydrogen) atoms. The van der Waals surface area contributed by atoms with Gasteiger partial charge in [-0.3, -0.25) is 0 Å². The third-order valence-electron chi connectivity index (χ3n) is 0. The summed E-state index contributed by atoms with van der Waals surface area (Å²) in [6.45, 7) is 4.00. The lowest BCUT2D eigenvalue weighted by Crippen LogP contribution is -1.10. The summed E-state index contributed by atoms with van der Waals surface area (Å²) in [7, 11) is 0. The van der Waals surface area contributed by atoms with Crippen LogP contribution in [-0.2, 0) is 2.92 Å². The van der Waals surface area contributed by atoms with Crippen molar-refractivity contribution in [3.8, 4) is 0 Å². The number of hydrogen-bond donors (Lipinski definition) is 0. The Hall–Kier alpha value is 0.920. The van der Waals surface area contributed by atoms with Crippen LogP contribution < -0.4 is 0 Å². The van der Waals surface area contributed by atoms with Gasteiger partial charge in [0, 0.05) is 0 Å². The van der Waals surface area contributed by atoms with Crippen LogP contribution in [0, 0.1) is 0 Å². The lowest BCUT2D eigenvalue weighted by atomic mass is 11.0. The van der Waals surface area contributed by atoms with Gasteiger partial charge < -0.3 is 0 Å². The minimum absolute atomic E-state index is 2.00. The molecule has 0 bridgehead atoms. The van der Waals surface area contributed by atoms with Crippen LogP contribution in [0.25, 0.3) is 0 Å². The van der Waals surface area contributed by atoms with Gasteiger partial charge in [0.15, 0.2) is 0 Å². The Balaban J connectivity index is 0. The monoisotopic (exact) mass is 204 g/mol. The van der Waals surface area contributed by atoms with E-state index in [-0.39, 0.29) is 0 Å². The minimum Gasteiger partial charge on any atom is -0.230 e. The van der Waals surface area contributed by atoms with Crippen molar-refractivity contribution in [3.05, 3.63) is 0 Å². The largest absolute Gasteiger partial charge is 0.230 e. The predicted molar refractivity (Wildman–Crippen MR) is 30.3 cm³/mol. The Morgan fingerprint density at radius 1 is 1.20 bits per heavy atom. The molecule has 0 rings (SSSR count). The highest BCUT2D eigenvalue weighted by molar-refractivity contribution is 9.18. The summed E-state index contributed by atoms with van der Waals surface area (Å²) >= 11 is 5.12. The van der Waals surface area contributed by atoms with Crippen molar-refractivity contribution < 1.29 is 2.92 Å². The molecule has 1 nitrogen and oxygen atoms in total. The Labute approximate surface area is 49.6 Å². The first-order valence-corrected chi connectivity index (χ1v) is 2.60. The highest BCUT2D eigenvalue weighted by Gasteiger charge is 1.37. The van der Waals surface area contributed by atoms with E-state index in [1.807, 2.05) is 13.8 Å². The van der Waals surface area contributed by atoms with Gasteiger partial charge in [-0.05, 0) is 0 Å². The standard InChI is InChI=1S/C2H6.Br2O/c1-2;1-3-2/h1-2H3;. The van der Waals surface area contributed by atoms with Crippen molar-refractivity contribution in [3.63, 3.8) is 0 Å². The second-order valence-corrected chi connectivity index (χ2v) is 1.57. The summed E-state index contributed by atoms with van der Waals surface area (Å²) in [6, 6.07) is 0. The molecule has 34 valence electrons. The van der Waals surface area contributed by atoms with E-state index in [0.29, 0.717) is 0 Å². The first kappa shape index (κ1) is 9.33. The summed E-state index contributed by atoms with van der Waals surface area (Å²) in [6.07, 6.45) is 0. The lowest BCUT2D eigenvalue weighted by molar-refractivity contribution is 0.838. The summed E-state index contributed by atoms with van der Waals surface area (Å²) in [5.74, 6) is 0. The van der Waals surface area contributed by atoms with Crippen LogP contribution >= 0.6 is 32.5 Å². The third-order valence-corrected chi connectivity index (χ3v) is 0. The number of rotatable bonds is 0. The van der Waals surface area contributed by atoms with Crippen molar-refractivity contribution in [2.24, 2.45) is 0 Å². The minimum atomic E-state index is 2.00. The van der Waals surface area contributed by atoms with E-state index < -0.39 is 0 Å². The van der Waals surface area contributed by atoms with Crippen LogP contribution in [0.2, 0.25) is 0 Å². The van der Waals surface area contributed by atoms with Crippen molar-refractivity contribution in [1.82, 2.24) is 0 Å².